The number of ether oxygens (including phenoxy) is 2. The zero-order chi connectivity index (χ0) is 7.26. The van der Waals surface area contributed by atoms with E-state index in [1.807, 2.05) is 12.4 Å². The van der Waals surface area contributed by atoms with Gasteiger partial charge in [0.15, 0.2) is 11.5 Å². The Hall–Kier alpha value is -1.25. The van der Waals surface area contributed by atoms with Crippen molar-refractivity contribution in [2.24, 2.45) is 10.9 Å². The fourth-order valence-electron chi connectivity index (χ4n) is 1.71. The third kappa shape index (κ3) is 0.557. The van der Waals surface area contributed by atoms with Crippen LogP contribution in [0.25, 0.3) is 0 Å². The summed E-state index contributed by atoms with van der Waals surface area (Å²) in [6.07, 6.45) is 4.78. The Kier molecular flexibility index (Phi) is 0.820. The molecule has 0 aromatic rings. The molecule has 0 unspecified atom stereocenters. The summed E-state index contributed by atoms with van der Waals surface area (Å²) in [6, 6.07) is 0. The van der Waals surface area contributed by atoms with Gasteiger partial charge >= 0.3 is 0 Å². The molecule has 0 aromatic carbocycles. The quantitative estimate of drug-likeness (QED) is 0.518. The van der Waals surface area contributed by atoms with E-state index in [-0.39, 0.29) is 0 Å². The Labute approximate surface area is 64.0 Å². The number of hydrogen-bond acceptors (Lipinski definition) is 3. The Morgan fingerprint density at radius 3 is 3.45 bits per heavy atom. The number of nitrogens with zero attached hydrogens (tertiary/aromatic N) is 1. The fraction of sp³-hybridized carbons (Fsp3) is 0.375. The first-order valence-electron chi connectivity index (χ1n) is 3.67. The van der Waals surface area contributed by atoms with E-state index >= 15 is 0 Å². The van der Waals surface area contributed by atoms with Crippen molar-refractivity contribution in [3.05, 3.63) is 23.3 Å². The van der Waals surface area contributed by atoms with Crippen LogP contribution in [0.2, 0.25) is 0 Å². The van der Waals surface area contributed by atoms with E-state index in [1.165, 1.54) is 5.57 Å². The smallest absolute Gasteiger partial charge is 0.230 e. The van der Waals surface area contributed by atoms with Crippen LogP contribution in [0.1, 0.15) is 6.42 Å². The van der Waals surface area contributed by atoms with Crippen molar-refractivity contribution in [2.75, 3.05) is 6.79 Å². The summed E-state index contributed by atoms with van der Waals surface area (Å²) in [5.74, 6) is 2.28. The molecule has 0 fully saturated rings. The van der Waals surface area contributed by atoms with Crippen LogP contribution in [-0.2, 0) is 9.47 Å². The standard InChI is InChI=1S/C8H7NO2/c1-5-2-9-3-6(1)8-7(5)10-4-11-8/h2-3,5H,1,4H2/t5-/m1/s1. The maximum Gasteiger partial charge on any atom is 0.230 e. The molecule has 56 valence electrons. The summed E-state index contributed by atoms with van der Waals surface area (Å²) < 4.78 is 10.6. The number of allylic oxidation sites excluding steroid dienone is 2. The topological polar surface area (TPSA) is 30.8 Å². The predicted molar refractivity (Wildman–Crippen MR) is 38.7 cm³/mol. The molecule has 0 saturated heterocycles. The Balaban J connectivity index is 2.16. The lowest BCUT2D eigenvalue weighted by Crippen LogP contribution is -2.05. The first-order valence-corrected chi connectivity index (χ1v) is 3.67. The first kappa shape index (κ1) is 5.41. The van der Waals surface area contributed by atoms with Crippen LogP contribution in [-0.4, -0.2) is 13.0 Å². The van der Waals surface area contributed by atoms with Gasteiger partial charge in [-0.25, -0.2) is 0 Å². The van der Waals surface area contributed by atoms with Gasteiger partial charge in [0, 0.05) is 18.0 Å². The van der Waals surface area contributed by atoms with E-state index in [1.54, 1.807) is 0 Å². The fourth-order valence-corrected chi connectivity index (χ4v) is 1.71. The molecule has 3 rings (SSSR count). The lowest BCUT2D eigenvalue weighted by atomic mass is 10.1. The SMILES string of the molecule is C1=NC=C2C[C@H]1C1=C2OCO1. The second kappa shape index (κ2) is 1.67. The predicted octanol–water partition coefficient (Wildman–Crippen LogP) is 1.19. The van der Waals surface area contributed by atoms with Gasteiger partial charge < -0.3 is 9.47 Å². The average Bonchev–Trinajstić information content (AvgIpc) is 2.58. The van der Waals surface area contributed by atoms with Crippen molar-refractivity contribution in [2.45, 2.75) is 6.42 Å². The second-order valence-corrected chi connectivity index (χ2v) is 2.86. The van der Waals surface area contributed by atoms with Crippen LogP contribution in [0.3, 0.4) is 0 Å². The van der Waals surface area contributed by atoms with Crippen LogP contribution in [0.4, 0.5) is 0 Å². The van der Waals surface area contributed by atoms with Crippen LogP contribution in [0, 0.1) is 5.92 Å². The molecule has 1 aliphatic carbocycles. The third-order valence-electron chi connectivity index (χ3n) is 2.21. The highest BCUT2D eigenvalue weighted by Gasteiger charge is 2.36. The Bertz CT molecular complexity index is 301. The number of fused-ring (bicyclic) bond motifs is 4. The molecule has 3 heteroatoms. The summed E-state index contributed by atoms with van der Waals surface area (Å²) in [5, 5.41) is 0. The van der Waals surface area contributed by atoms with Crippen molar-refractivity contribution in [1.82, 2.24) is 0 Å². The lowest BCUT2D eigenvalue weighted by Gasteiger charge is -2.09. The molecular formula is C8H7NO2. The largest absolute Gasteiger partial charge is 0.457 e. The van der Waals surface area contributed by atoms with Gasteiger partial charge in [-0.05, 0) is 6.42 Å². The molecule has 2 bridgehead atoms. The molecule has 1 atom stereocenters. The molecule has 0 saturated carbocycles. The Morgan fingerprint density at radius 2 is 2.45 bits per heavy atom. The van der Waals surface area contributed by atoms with Crippen LogP contribution < -0.4 is 0 Å². The van der Waals surface area contributed by atoms with E-state index in [2.05, 4.69) is 4.99 Å². The molecule has 2 aliphatic heterocycles. The molecular weight excluding hydrogens is 142 g/mol. The molecule has 0 aromatic heterocycles. The molecule has 3 aliphatic rings. The van der Waals surface area contributed by atoms with Gasteiger partial charge in [0.05, 0.1) is 5.92 Å². The van der Waals surface area contributed by atoms with Crippen LogP contribution in [0.15, 0.2) is 28.3 Å². The summed E-state index contributed by atoms with van der Waals surface area (Å²) in [6.45, 7) is 0.381. The molecule has 0 radical (unpaired) electrons. The molecule has 0 amide bonds. The highest BCUT2D eigenvalue weighted by Crippen LogP contribution is 2.41. The third-order valence-corrected chi connectivity index (χ3v) is 2.21. The van der Waals surface area contributed by atoms with E-state index < -0.39 is 0 Å². The summed E-state index contributed by atoms with van der Waals surface area (Å²) in [7, 11) is 0. The highest BCUT2D eigenvalue weighted by molar-refractivity contribution is 5.71. The zero-order valence-electron chi connectivity index (χ0n) is 5.91. The molecule has 0 spiro atoms. The van der Waals surface area contributed by atoms with E-state index in [9.17, 15) is 0 Å². The van der Waals surface area contributed by atoms with Gasteiger partial charge in [0.1, 0.15) is 0 Å². The zero-order valence-corrected chi connectivity index (χ0v) is 5.91. The maximum atomic E-state index is 5.32. The summed E-state index contributed by atoms with van der Waals surface area (Å²) in [5.41, 5.74) is 1.19. The molecule has 2 heterocycles. The summed E-state index contributed by atoms with van der Waals surface area (Å²) in [4.78, 5) is 4.10. The van der Waals surface area contributed by atoms with Crippen molar-refractivity contribution in [3.8, 4) is 0 Å². The Morgan fingerprint density at radius 1 is 1.45 bits per heavy atom. The van der Waals surface area contributed by atoms with E-state index in [0.717, 1.165) is 17.9 Å². The molecule has 11 heavy (non-hydrogen) atoms. The van der Waals surface area contributed by atoms with E-state index in [0.29, 0.717) is 12.7 Å². The number of aliphatic imine (C=N–C) groups is 1. The number of rotatable bonds is 0. The van der Waals surface area contributed by atoms with Gasteiger partial charge in [0.25, 0.3) is 0 Å². The van der Waals surface area contributed by atoms with Crippen molar-refractivity contribution >= 4 is 6.21 Å². The summed E-state index contributed by atoms with van der Waals surface area (Å²) >= 11 is 0. The van der Waals surface area contributed by atoms with Crippen molar-refractivity contribution < 1.29 is 9.47 Å². The second-order valence-electron chi connectivity index (χ2n) is 2.86. The van der Waals surface area contributed by atoms with Gasteiger partial charge in [-0.3, -0.25) is 4.99 Å². The van der Waals surface area contributed by atoms with Crippen LogP contribution >= 0.6 is 0 Å². The van der Waals surface area contributed by atoms with Crippen LogP contribution in [0.5, 0.6) is 0 Å². The minimum Gasteiger partial charge on any atom is -0.457 e. The van der Waals surface area contributed by atoms with Gasteiger partial charge in [-0.2, -0.15) is 0 Å². The van der Waals surface area contributed by atoms with E-state index in [4.69, 9.17) is 9.47 Å². The van der Waals surface area contributed by atoms with Gasteiger partial charge in [-0.15, -0.1) is 0 Å². The highest BCUT2D eigenvalue weighted by atomic mass is 16.7. The lowest BCUT2D eigenvalue weighted by molar-refractivity contribution is 0.0633. The molecule has 3 nitrogen and oxygen atoms in total. The monoisotopic (exact) mass is 149 g/mol. The van der Waals surface area contributed by atoms with Crippen molar-refractivity contribution in [3.63, 3.8) is 0 Å². The minimum absolute atomic E-state index is 0.354. The van der Waals surface area contributed by atoms with Gasteiger partial charge in [0.2, 0.25) is 6.79 Å². The van der Waals surface area contributed by atoms with Crippen molar-refractivity contribution in [1.29, 1.82) is 0 Å². The maximum absolute atomic E-state index is 5.32. The number of hydrogen-bond donors (Lipinski definition) is 0. The molecule has 0 N–H and O–H groups in total. The van der Waals surface area contributed by atoms with Gasteiger partial charge in [-0.1, -0.05) is 0 Å². The average molecular weight is 149 g/mol. The first-order chi connectivity index (χ1) is 5.45. The normalized spacial score (nSPS) is 31.3. The minimum atomic E-state index is 0.354.